The van der Waals surface area contributed by atoms with Crippen molar-refractivity contribution >= 4 is 15.9 Å². The van der Waals surface area contributed by atoms with Crippen LogP contribution in [-0.2, 0) is 4.74 Å². The van der Waals surface area contributed by atoms with Gasteiger partial charge in [0, 0.05) is 5.33 Å². The zero-order valence-electron chi connectivity index (χ0n) is 5.27. The van der Waals surface area contributed by atoms with Crippen LogP contribution in [0.4, 0.5) is 8.78 Å². The molecule has 2 nitrogen and oxygen atoms in total. The summed E-state index contributed by atoms with van der Waals surface area (Å²) in [4.78, 5) is 0. The second kappa shape index (κ2) is 6.00. The number of hydrogen-bond donors (Lipinski definition) is 1. The highest BCUT2D eigenvalue weighted by atomic mass is 79.9. The van der Waals surface area contributed by atoms with E-state index in [0.717, 1.165) is 0 Å². The Balaban J connectivity index is 3.03. The van der Waals surface area contributed by atoms with Gasteiger partial charge in [-0.25, -0.2) is 8.78 Å². The molecule has 0 aromatic carbocycles. The van der Waals surface area contributed by atoms with Crippen molar-refractivity contribution in [3.8, 4) is 0 Å². The second-order valence-corrected chi connectivity index (χ2v) is 2.38. The monoisotopic (exact) mass is 218 g/mol. The Morgan fingerprint density at radius 2 is 2.00 bits per heavy atom. The molecule has 0 radical (unpaired) electrons. The Labute approximate surface area is 66.3 Å². The van der Waals surface area contributed by atoms with E-state index in [9.17, 15) is 8.78 Å². The van der Waals surface area contributed by atoms with Crippen LogP contribution < -0.4 is 0 Å². The summed E-state index contributed by atoms with van der Waals surface area (Å²) in [5, 5.41) is 9.10. The molecule has 5 heteroatoms. The van der Waals surface area contributed by atoms with E-state index in [1.807, 2.05) is 0 Å². The fourth-order valence-electron chi connectivity index (χ4n) is 0.338. The number of aliphatic hydroxyl groups is 1. The predicted octanol–water partition coefficient (Wildman–Crippen LogP) is 1.02. The van der Waals surface area contributed by atoms with Crippen LogP contribution in [-0.4, -0.2) is 36.2 Å². The van der Waals surface area contributed by atoms with Crippen LogP contribution in [0.3, 0.4) is 0 Å². The largest absolute Gasteiger partial charge is 0.390 e. The van der Waals surface area contributed by atoms with Gasteiger partial charge >= 0.3 is 0 Å². The molecule has 1 atom stereocenters. The number of alkyl halides is 3. The van der Waals surface area contributed by atoms with E-state index in [1.165, 1.54) is 0 Å². The molecule has 0 amide bonds. The molecule has 0 aromatic rings. The Bertz CT molecular complexity index is 82.0. The van der Waals surface area contributed by atoms with E-state index in [-0.39, 0.29) is 6.61 Å². The van der Waals surface area contributed by atoms with Gasteiger partial charge in [0.15, 0.2) is 0 Å². The van der Waals surface area contributed by atoms with E-state index < -0.39 is 19.1 Å². The third-order valence-corrected chi connectivity index (χ3v) is 1.48. The smallest absolute Gasteiger partial charge is 0.261 e. The first kappa shape index (κ1) is 10.3. The number of aliphatic hydroxyl groups excluding tert-OH is 1. The fraction of sp³-hybridized carbons (Fsp3) is 1.00. The molecule has 0 aliphatic carbocycles. The summed E-state index contributed by atoms with van der Waals surface area (Å²) >= 11 is 2.96. The molecule has 0 saturated carbocycles. The first-order valence-electron chi connectivity index (χ1n) is 2.76. The van der Waals surface area contributed by atoms with Crippen LogP contribution in [0.5, 0.6) is 0 Å². The maximum atomic E-state index is 11.4. The molecule has 0 heterocycles. The Morgan fingerprint density at radius 1 is 1.40 bits per heavy atom. The number of ether oxygens (including phenoxy) is 1. The standard InChI is InChI=1S/C5H9BrF2O2/c6-1-4(9)2-10-3-5(7)8/h4-5,9H,1-3H2. The number of rotatable bonds is 5. The van der Waals surface area contributed by atoms with E-state index in [1.54, 1.807) is 0 Å². The normalized spacial score (nSPS) is 14.1. The molecule has 0 fully saturated rings. The van der Waals surface area contributed by atoms with E-state index in [2.05, 4.69) is 20.7 Å². The van der Waals surface area contributed by atoms with Crippen LogP contribution in [0.2, 0.25) is 0 Å². The number of hydrogen-bond acceptors (Lipinski definition) is 2. The molecule has 0 aliphatic rings. The van der Waals surface area contributed by atoms with Gasteiger partial charge in [0.1, 0.15) is 6.61 Å². The molecule has 0 bridgehead atoms. The maximum absolute atomic E-state index is 11.4. The first-order valence-corrected chi connectivity index (χ1v) is 3.89. The van der Waals surface area contributed by atoms with Gasteiger partial charge in [0.25, 0.3) is 6.43 Å². The number of halogens is 3. The summed E-state index contributed by atoms with van der Waals surface area (Å²) < 4.78 is 27.2. The molecule has 0 rings (SSSR count). The van der Waals surface area contributed by atoms with Crippen molar-refractivity contribution in [2.24, 2.45) is 0 Å². The Morgan fingerprint density at radius 3 is 2.40 bits per heavy atom. The molecular weight excluding hydrogens is 210 g/mol. The zero-order chi connectivity index (χ0) is 7.98. The lowest BCUT2D eigenvalue weighted by molar-refractivity contribution is -0.0136. The zero-order valence-corrected chi connectivity index (χ0v) is 6.85. The summed E-state index contributed by atoms with van der Waals surface area (Å²) in [6.45, 7) is -0.653. The van der Waals surface area contributed by atoms with Crippen molar-refractivity contribution in [2.45, 2.75) is 12.5 Å². The third-order valence-electron chi connectivity index (χ3n) is 0.732. The Kier molecular flexibility index (Phi) is 6.16. The van der Waals surface area contributed by atoms with E-state index in [4.69, 9.17) is 5.11 Å². The average molecular weight is 219 g/mol. The van der Waals surface area contributed by atoms with Crippen LogP contribution in [0.25, 0.3) is 0 Å². The van der Waals surface area contributed by atoms with Gasteiger partial charge < -0.3 is 9.84 Å². The van der Waals surface area contributed by atoms with Crippen LogP contribution >= 0.6 is 15.9 Å². The molecule has 0 aliphatic heterocycles. The van der Waals surface area contributed by atoms with Gasteiger partial charge in [-0.3, -0.25) is 0 Å². The minimum absolute atomic E-state index is 0.0460. The summed E-state index contributed by atoms with van der Waals surface area (Å²) in [6, 6.07) is 0. The van der Waals surface area contributed by atoms with Crippen LogP contribution in [0.1, 0.15) is 0 Å². The minimum Gasteiger partial charge on any atom is -0.390 e. The second-order valence-electron chi connectivity index (χ2n) is 1.74. The van der Waals surface area contributed by atoms with Crippen LogP contribution in [0.15, 0.2) is 0 Å². The lowest BCUT2D eigenvalue weighted by Gasteiger charge is -2.06. The summed E-state index contributed by atoms with van der Waals surface area (Å²) in [6.07, 6.45) is -3.15. The quantitative estimate of drug-likeness (QED) is 0.699. The molecule has 10 heavy (non-hydrogen) atoms. The molecule has 1 N–H and O–H groups in total. The lowest BCUT2D eigenvalue weighted by atomic mass is 10.4. The van der Waals surface area contributed by atoms with E-state index >= 15 is 0 Å². The van der Waals surface area contributed by atoms with Gasteiger partial charge in [-0.2, -0.15) is 0 Å². The highest BCUT2D eigenvalue weighted by molar-refractivity contribution is 9.09. The highest BCUT2D eigenvalue weighted by Crippen LogP contribution is 1.95. The Hall–Kier alpha value is 0.260. The van der Waals surface area contributed by atoms with Crippen molar-refractivity contribution in [1.29, 1.82) is 0 Å². The first-order chi connectivity index (χ1) is 4.66. The lowest BCUT2D eigenvalue weighted by Crippen LogP contribution is -2.18. The summed E-state index contributed by atoms with van der Waals surface area (Å²) in [5.41, 5.74) is 0. The molecule has 0 aromatic heterocycles. The average Bonchev–Trinajstić information content (AvgIpc) is 1.87. The molecule has 0 saturated heterocycles. The van der Waals surface area contributed by atoms with Gasteiger partial charge in [0.05, 0.1) is 12.7 Å². The summed E-state index contributed by atoms with van der Waals surface area (Å²) in [7, 11) is 0. The van der Waals surface area contributed by atoms with Gasteiger partial charge in [-0.1, -0.05) is 15.9 Å². The van der Waals surface area contributed by atoms with Crippen molar-refractivity contribution in [2.75, 3.05) is 18.5 Å². The van der Waals surface area contributed by atoms with Crippen LogP contribution in [0, 0.1) is 0 Å². The summed E-state index contributed by atoms with van der Waals surface area (Å²) in [5.74, 6) is 0. The molecule has 0 spiro atoms. The van der Waals surface area contributed by atoms with Crippen molar-refractivity contribution in [3.63, 3.8) is 0 Å². The fourth-order valence-corrected chi connectivity index (χ4v) is 0.525. The maximum Gasteiger partial charge on any atom is 0.261 e. The molecule has 1 unspecified atom stereocenters. The molecular formula is C5H9BrF2O2. The van der Waals surface area contributed by atoms with Crippen molar-refractivity contribution < 1.29 is 18.6 Å². The van der Waals surface area contributed by atoms with Crippen molar-refractivity contribution in [3.05, 3.63) is 0 Å². The third kappa shape index (κ3) is 6.38. The highest BCUT2D eigenvalue weighted by Gasteiger charge is 2.05. The van der Waals surface area contributed by atoms with E-state index in [0.29, 0.717) is 5.33 Å². The van der Waals surface area contributed by atoms with Gasteiger partial charge in [-0.05, 0) is 0 Å². The van der Waals surface area contributed by atoms with Crippen molar-refractivity contribution in [1.82, 2.24) is 0 Å². The SMILES string of the molecule is OC(CBr)COCC(F)F. The molecule has 62 valence electrons. The van der Waals surface area contributed by atoms with Gasteiger partial charge in [-0.15, -0.1) is 0 Å². The topological polar surface area (TPSA) is 29.5 Å². The predicted molar refractivity (Wildman–Crippen MR) is 36.6 cm³/mol. The van der Waals surface area contributed by atoms with Gasteiger partial charge in [0.2, 0.25) is 0 Å². The minimum atomic E-state index is -2.46.